The van der Waals surface area contributed by atoms with Gasteiger partial charge in [0.1, 0.15) is 0 Å². The van der Waals surface area contributed by atoms with Gasteiger partial charge in [0.25, 0.3) is 0 Å². The van der Waals surface area contributed by atoms with Crippen LogP contribution < -0.4 is 5.73 Å². The van der Waals surface area contributed by atoms with E-state index in [9.17, 15) is 9.59 Å². The van der Waals surface area contributed by atoms with Crippen LogP contribution in [0.15, 0.2) is 24.3 Å². The Labute approximate surface area is 76.0 Å². The van der Waals surface area contributed by atoms with Gasteiger partial charge in [0.15, 0.2) is 0 Å². The molecule has 0 unspecified atom stereocenters. The molecule has 0 aliphatic carbocycles. The zero-order valence-corrected chi connectivity index (χ0v) is 6.15. The predicted octanol–water partition coefficient (Wildman–Crippen LogP) is 1.12. The Morgan fingerprint density at radius 1 is 1.15 bits per heavy atom. The van der Waals surface area contributed by atoms with Crippen LogP contribution in [-0.2, 0) is 0 Å². The number of benzene rings is 1. The monoisotopic (exact) mass is 181 g/mol. The summed E-state index contributed by atoms with van der Waals surface area (Å²) < 4.78 is 0. The van der Waals surface area contributed by atoms with Crippen LogP contribution >= 0.6 is 0 Å². The Morgan fingerprint density at radius 3 is 1.92 bits per heavy atom. The molecular weight excluding hydrogens is 170 g/mol. The van der Waals surface area contributed by atoms with Gasteiger partial charge < -0.3 is 10.8 Å². The molecule has 70 valence electrons. The van der Waals surface area contributed by atoms with E-state index < -0.39 is 11.9 Å². The van der Waals surface area contributed by atoms with E-state index in [1.54, 1.807) is 6.07 Å². The van der Waals surface area contributed by atoms with E-state index in [-0.39, 0.29) is 18.6 Å². The number of aromatic carboxylic acids is 1. The number of hydrogen-bond acceptors (Lipinski definition) is 2. The van der Waals surface area contributed by atoms with Crippen molar-refractivity contribution in [3.05, 3.63) is 35.4 Å². The van der Waals surface area contributed by atoms with Gasteiger partial charge in [-0.1, -0.05) is 19.6 Å². The lowest BCUT2D eigenvalue weighted by Crippen LogP contribution is -2.15. The molecule has 0 saturated carbocycles. The summed E-state index contributed by atoms with van der Waals surface area (Å²) in [7, 11) is 0. The van der Waals surface area contributed by atoms with Crippen LogP contribution in [0.2, 0.25) is 0 Å². The molecule has 0 radical (unpaired) electrons. The summed E-state index contributed by atoms with van der Waals surface area (Å²) >= 11 is 0. The van der Waals surface area contributed by atoms with Gasteiger partial charge in [-0.25, -0.2) is 4.79 Å². The zero-order chi connectivity index (χ0) is 9.14. The van der Waals surface area contributed by atoms with E-state index >= 15 is 0 Å². The second-order valence-corrected chi connectivity index (χ2v) is 2.21. The SMILES string of the molecule is C.NC(=O)c1ccccc1C(=O)O. The van der Waals surface area contributed by atoms with E-state index in [0.717, 1.165) is 0 Å². The van der Waals surface area contributed by atoms with Crippen molar-refractivity contribution in [3.8, 4) is 0 Å². The van der Waals surface area contributed by atoms with Gasteiger partial charge in [-0.15, -0.1) is 0 Å². The molecule has 0 atom stereocenters. The highest BCUT2D eigenvalue weighted by Gasteiger charge is 2.11. The molecule has 1 aromatic rings. The number of amides is 1. The fraction of sp³-hybridized carbons (Fsp3) is 0.111. The summed E-state index contributed by atoms with van der Waals surface area (Å²) in [6.07, 6.45) is 0. The fourth-order valence-corrected chi connectivity index (χ4v) is 0.884. The van der Waals surface area contributed by atoms with Crippen LogP contribution in [0, 0.1) is 0 Å². The molecule has 0 aliphatic rings. The van der Waals surface area contributed by atoms with Crippen molar-refractivity contribution in [1.29, 1.82) is 0 Å². The molecule has 3 N–H and O–H groups in total. The number of carboxylic acids is 1. The molecule has 13 heavy (non-hydrogen) atoms. The summed E-state index contributed by atoms with van der Waals surface area (Å²) in [5.74, 6) is -1.88. The van der Waals surface area contributed by atoms with Crippen LogP contribution in [-0.4, -0.2) is 17.0 Å². The average molecular weight is 181 g/mol. The second-order valence-electron chi connectivity index (χ2n) is 2.21. The summed E-state index contributed by atoms with van der Waals surface area (Å²) in [6.45, 7) is 0. The van der Waals surface area contributed by atoms with E-state index in [2.05, 4.69) is 0 Å². The van der Waals surface area contributed by atoms with E-state index in [1.165, 1.54) is 18.2 Å². The van der Waals surface area contributed by atoms with Crippen molar-refractivity contribution in [2.45, 2.75) is 7.43 Å². The third-order valence-electron chi connectivity index (χ3n) is 1.42. The maximum absolute atomic E-state index is 10.7. The third-order valence-corrected chi connectivity index (χ3v) is 1.42. The topological polar surface area (TPSA) is 80.4 Å². The molecule has 4 heteroatoms. The summed E-state index contributed by atoms with van der Waals surface area (Å²) in [4.78, 5) is 21.2. The Balaban J connectivity index is 0.00000144. The molecule has 1 amide bonds. The van der Waals surface area contributed by atoms with Crippen molar-refractivity contribution < 1.29 is 14.7 Å². The van der Waals surface area contributed by atoms with Crippen LogP contribution in [0.4, 0.5) is 0 Å². The maximum Gasteiger partial charge on any atom is 0.336 e. The van der Waals surface area contributed by atoms with E-state index in [0.29, 0.717) is 0 Å². The highest BCUT2D eigenvalue weighted by Crippen LogP contribution is 2.06. The van der Waals surface area contributed by atoms with Crippen molar-refractivity contribution in [2.75, 3.05) is 0 Å². The van der Waals surface area contributed by atoms with Crippen molar-refractivity contribution >= 4 is 11.9 Å². The average Bonchev–Trinajstić information content (AvgIpc) is 2.04. The number of carbonyl (C=O) groups excluding carboxylic acids is 1. The minimum absolute atomic E-state index is 0. The molecule has 0 fully saturated rings. The highest BCUT2D eigenvalue weighted by molar-refractivity contribution is 6.03. The number of nitrogens with two attached hydrogens (primary N) is 1. The van der Waals surface area contributed by atoms with Crippen molar-refractivity contribution in [3.63, 3.8) is 0 Å². The molecule has 0 aromatic heterocycles. The van der Waals surface area contributed by atoms with Crippen molar-refractivity contribution in [1.82, 2.24) is 0 Å². The van der Waals surface area contributed by atoms with Gasteiger partial charge in [-0.2, -0.15) is 0 Å². The smallest absolute Gasteiger partial charge is 0.336 e. The Bertz CT molecular complexity index is 300. The molecule has 0 heterocycles. The molecular formula is C9H11NO3. The van der Waals surface area contributed by atoms with Crippen LogP contribution in [0.1, 0.15) is 28.1 Å². The standard InChI is InChI=1S/C8H7NO3.CH4/c9-7(10)5-3-1-2-4-6(5)8(11)12;/h1-4H,(H2,9,10)(H,11,12);1H4. The van der Waals surface area contributed by atoms with Gasteiger partial charge in [0.05, 0.1) is 11.1 Å². The first-order valence-corrected chi connectivity index (χ1v) is 3.25. The summed E-state index contributed by atoms with van der Waals surface area (Å²) in [6, 6.07) is 5.82. The minimum atomic E-state index is -1.15. The highest BCUT2D eigenvalue weighted by atomic mass is 16.4. The lowest BCUT2D eigenvalue weighted by molar-refractivity contribution is 0.0692. The maximum atomic E-state index is 10.7. The molecule has 4 nitrogen and oxygen atoms in total. The van der Waals surface area contributed by atoms with Crippen molar-refractivity contribution in [2.24, 2.45) is 5.73 Å². The first-order valence-electron chi connectivity index (χ1n) is 3.25. The van der Waals surface area contributed by atoms with Gasteiger partial charge in [0.2, 0.25) is 5.91 Å². The quantitative estimate of drug-likeness (QED) is 0.717. The van der Waals surface area contributed by atoms with Gasteiger partial charge in [-0.3, -0.25) is 4.79 Å². The van der Waals surface area contributed by atoms with Gasteiger partial charge in [0, 0.05) is 0 Å². The number of carbonyl (C=O) groups is 2. The lowest BCUT2D eigenvalue weighted by atomic mass is 10.1. The third kappa shape index (κ3) is 2.30. The molecule has 0 bridgehead atoms. The van der Waals surface area contributed by atoms with Gasteiger partial charge >= 0.3 is 5.97 Å². The molecule has 1 rings (SSSR count). The predicted molar refractivity (Wildman–Crippen MR) is 48.7 cm³/mol. The minimum Gasteiger partial charge on any atom is -0.478 e. The van der Waals surface area contributed by atoms with Crippen LogP contribution in [0.5, 0.6) is 0 Å². The van der Waals surface area contributed by atoms with E-state index in [4.69, 9.17) is 10.8 Å². The fourth-order valence-electron chi connectivity index (χ4n) is 0.884. The Morgan fingerprint density at radius 2 is 1.62 bits per heavy atom. The normalized spacial score (nSPS) is 8.62. The first-order chi connectivity index (χ1) is 5.63. The largest absolute Gasteiger partial charge is 0.478 e. The van der Waals surface area contributed by atoms with Crippen LogP contribution in [0.3, 0.4) is 0 Å². The molecule has 1 aromatic carbocycles. The molecule has 0 saturated heterocycles. The second kappa shape index (κ2) is 4.25. The summed E-state index contributed by atoms with van der Waals surface area (Å²) in [5, 5.41) is 8.61. The Kier molecular flexibility index (Phi) is 3.65. The molecule has 0 spiro atoms. The number of hydrogen-bond donors (Lipinski definition) is 2. The van der Waals surface area contributed by atoms with Crippen LogP contribution in [0.25, 0.3) is 0 Å². The molecule has 0 aliphatic heterocycles. The lowest BCUT2D eigenvalue weighted by Gasteiger charge is -1.99. The van der Waals surface area contributed by atoms with E-state index in [1.807, 2.05) is 0 Å². The summed E-state index contributed by atoms with van der Waals surface area (Å²) in [5.41, 5.74) is 4.92. The first kappa shape index (κ1) is 11.2. The Hall–Kier alpha value is -1.84. The number of primary amides is 1. The zero-order valence-electron chi connectivity index (χ0n) is 6.15. The van der Waals surface area contributed by atoms with Gasteiger partial charge in [-0.05, 0) is 12.1 Å². The number of carboxylic acid groups (broad SMARTS) is 1. The number of rotatable bonds is 2.